The number of carbonyl (C=O) groups excluding carboxylic acids is 1. The smallest absolute Gasteiger partial charge is 0.410 e. The van der Waals surface area contributed by atoms with E-state index in [4.69, 9.17) is 9.47 Å². The number of hydrogen-bond donors (Lipinski definition) is 0. The second-order valence-electron chi connectivity index (χ2n) is 5.44. The molecule has 1 amide bonds. The molecule has 0 aromatic carbocycles. The molecule has 0 atom stereocenters. The van der Waals surface area contributed by atoms with Crippen LogP contribution in [0.4, 0.5) is 4.79 Å². The van der Waals surface area contributed by atoms with Gasteiger partial charge < -0.3 is 14.4 Å². The van der Waals surface area contributed by atoms with E-state index in [0.717, 1.165) is 3.57 Å². The minimum absolute atomic E-state index is 0.0000737. The molecule has 6 heteroatoms. The van der Waals surface area contributed by atoms with Crippen LogP contribution in [0.25, 0.3) is 0 Å². The molecule has 1 fully saturated rings. The van der Waals surface area contributed by atoms with Crippen molar-refractivity contribution in [3.63, 3.8) is 0 Å². The van der Waals surface area contributed by atoms with Crippen LogP contribution in [0.15, 0.2) is 18.3 Å². The average Bonchev–Trinajstić information content (AvgIpc) is 2.22. The molecule has 1 aromatic heterocycles. The van der Waals surface area contributed by atoms with Crippen molar-refractivity contribution < 1.29 is 14.3 Å². The third-order valence-electron chi connectivity index (χ3n) is 2.49. The van der Waals surface area contributed by atoms with Crippen molar-refractivity contribution in [2.75, 3.05) is 13.1 Å². The molecule has 1 aliphatic rings. The number of aromatic nitrogens is 1. The predicted octanol–water partition coefficient (Wildman–Crippen LogP) is 2.68. The summed E-state index contributed by atoms with van der Waals surface area (Å²) in [5, 5.41) is 0. The zero-order valence-electron chi connectivity index (χ0n) is 11.2. The summed E-state index contributed by atoms with van der Waals surface area (Å²) >= 11 is 2.19. The number of likely N-dealkylation sites (tertiary alicyclic amines) is 1. The van der Waals surface area contributed by atoms with Crippen LogP contribution >= 0.6 is 22.6 Å². The van der Waals surface area contributed by atoms with Gasteiger partial charge in [-0.25, -0.2) is 9.78 Å². The van der Waals surface area contributed by atoms with Crippen LogP contribution in [0.5, 0.6) is 5.88 Å². The van der Waals surface area contributed by atoms with E-state index in [1.807, 2.05) is 32.9 Å². The molecule has 0 bridgehead atoms. The van der Waals surface area contributed by atoms with Crippen molar-refractivity contribution in [3.05, 3.63) is 21.9 Å². The van der Waals surface area contributed by atoms with E-state index in [1.54, 1.807) is 11.1 Å². The molecule has 0 unspecified atom stereocenters. The van der Waals surface area contributed by atoms with Crippen LogP contribution in [0.3, 0.4) is 0 Å². The molecule has 0 spiro atoms. The fourth-order valence-corrected chi connectivity index (χ4v) is 1.91. The number of pyridine rings is 1. The molecule has 1 saturated heterocycles. The topological polar surface area (TPSA) is 51.7 Å². The molecule has 0 saturated carbocycles. The summed E-state index contributed by atoms with van der Waals surface area (Å²) in [6, 6.07) is 3.77. The van der Waals surface area contributed by atoms with Crippen molar-refractivity contribution >= 4 is 28.7 Å². The fraction of sp³-hybridized carbons (Fsp3) is 0.538. The Labute approximate surface area is 126 Å². The highest BCUT2D eigenvalue weighted by Gasteiger charge is 2.35. The van der Waals surface area contributed by atoms with Gasteiger partial charge in [-0.1, -0.05) is 0 Å². The summed E-state index contributed by atoms with van der Waals surface area (Å²) < 4.78 is 12.0. The summed E-state index contributed by atoms with van der Waals surface area (Å²) in [7, 11) is 0. The monoisotopic (exact) mass is 376 g/mol. The Morgan fingerprint density at radius 1 is 1.42 bits per heavy atom. The predicted molar refractivity (Wildman–Crippen MR) is 79.2 cm³/mol. The van der Waals surface area contributed by atoms with Crippen LogP contribution in [0.1, 0.15) is 20.8 Å². The fourth-order valence-electron chi connectivity index (χ4n) is 1.59. The Kier molecular flexibility index (Phi) is 4.17. The van der Waals surface area contributed by atoms with Crippen molar-refractivity contribution in [1.29, 1.82) is 0 Å². The van der Waals surface area contributed by atoms with Gasteiger partial charge in [-0.05, 0) is 49.4 Å². The highest BCUT2D eigenvalue weighted by molar-refractivity contribution is 14.1. The van der Waals surface area contributed by atoms with Gasteiger partial charge in [0.05, 0.1) is 13.1 Å². The molecule has 5 nitrogen and oxygen atoms in total. The van der Waals surface area contributed by atoms with E-state index in [9.17, 15) is 4.79 Å². The molecule has 2 rings (SSSR count). The van der Waals surface area contributed by atoms with Gasteiger partial charge in [-0.15, -0.1) is 0 Å². The number of ether oxygens (including phenoxy) is 2. The minimum atomic E-state index is -0.458. The van der Waals surface area contributed by atoms with E-state index in [1.165, 1.54) is 0 Å². The Balaban J connectivity index is 1.77. The van der Waals surface area contributed by atoms with Gasteiger partial charge in [0.15, 0.2) is 0 Å². The van der Waals surface area contributed by atoms with Gasteiger partial charge >= 0.3 is 6.09 Å². The Bertz CT molecular complexity index is 450. The summed E-state index contributed by atoms with van der Waals surface area (Å²) in [6.45, 7) is 6.65. The maximum absolute atomic E-state index is 11.7. The molecule has 104 valence electrons. The first-order valence-electron chi connectivity index (χ1n) is 6.09. The molecule has 0 aliphatic carbocycles. The van der Waals surface area contributed by atoms with Crippen LogP contribution in [-0.2, 0) is 4.74 Å². The van der Waals surface area contributed by atoms with Gasteiger partial charge in [0, 0.05) is 15.8 Å². The summed E-state index contributed by atoms with van der Waals surface area (Å²) in [5.41, 5.74) is -0.458. The van der Waals surface area contributed by atoms with Gasteiger partial charge in [0.1, 0.15) is 11.7 Å². The standard InChI is InChI=1S/C13H17IN2O3/c1-13(2,3)19-12(17)16-7-10(8-16)18-11-5-4-9(14)6-15-11/h4-6,10H,7-8H2,1-3H3. The first-order valence-corrected chi connectivity index (χ1v) is 7.17. The lowest BCUT2D eigenvalue weighted by Gasteiger charge is -2.39. The number of carbonyl (C=O) groups is 1. The van der Waals surface area contributed by atoms with Crippen LogP contribution < -0.4 is 4.74 Å². The first-order chi connectivity index (χ1) is 8.83. The highest BCUT2D eigenvalue weighted by atomic mass is 127. The normalized spacial score (nSPS) is 15.9. The maximum Gasteiger partial charge on any atom is 0.410 e. The Morgan fingerprint density at radius 2 is 2.11 bits per heavy atom. The van der Waals surface area contributed by atoms with Crippen molar-refractivity contribution in [2.45, 2.75) is 32.5 Å². The van der Waals surface area contributed by atoms with Crippen molar-refractivity contribution in [1.82, 2.24) is 9.88 Å². The molecular weight excluding hydrogens is 359 g/mol. The number of rotatable bonds is 2. The molecule has 0 N–H and O–H groups in total. The first kappa shape index (κ1) is 14.4. The highest BCUT2D eigenvalue weighted by Crippen LogP contribution is 2.19. The van der Waals surface area contributed by atoms with E-state index in [2.05, 4.69) is 27.6 Å². The second kappa shape index (κ2) is 5.52. The molecular formula is C13H17IN2O3. The minimum Gasteiger partial charge on any atom is -0.471 e. The Hall–Kier alpha value is -1.05. The van der Waals surface area contributed by atoms with Gasteiger partial charge in [0.25, 0.3) is 0 Å². The van der Waals surface area contributed by atoms with Gasteiger partial charge in [-0.3, -0.25) is 0 Å². The van der Waals surface area contributed by atoms with E-state index < -0.39 is 5.60 Å². The molecule has 2 heterocycles. The molecule has 1 aliphatic heterocycles. The quantitative estimate of drug-likeness (QED) is 0.745. The summed E-state index contributed by atoms with van der Waals surface area (Å²) in [6.07, 6.45) is 1.46. The molecule has 0 radical (unpaired) electrons. The second-order valence-corrected chi connectivity index (χ2v) is 6.69. The lowest BCUT2D eigenvalue weighted by Crippen LogP contribution is -2.57. The number of amides is 1. The van der Waals surface area contributed by atoms with Crippen LogP contribution in [0.2, 0.25) is 0 Å². The number of hydrogen-bond acceptors (Lipinski definition) is 4. The number of halogens is 1. The van der Waals surface area contributed by atoms with E-state index in [-0.39, 0.29) is 12.2 Å². The number of nitrogens with zero attached hydrogens (tertiary/aromatic N) is 2. The van der Waals surface area contributed by atoms with E-state index >= 15 is 0 Å². The molecule has 1 aromatic rings. The van der Waals surface area contributed by atoms with E-state index in [0.29, 0.717) is 19.0 Å². The third kappa shape index (κ3) is 4.22. The zero-order chi connectivity index (χ0) is 14.0. The van der Waals surface area contributed by atoms with Gasteiger partial charge in [0.2, 0.25) is 5.88 Å². The largest absolute Gasteiger partial charge is 0.471 e. The third-order valence-corrected chi connectivity index (χ3v) is 3.13. The van der Waals surface area contributed by atoms with Crippen LogP contribution in [-0.4, -0.2) is 40.8 Å². The summed E-state index contributed by atoms with van der Waals surface area (Å²) in [5.74, 6) is 0.592. The Morgan fingerprint density at radius 3 is 2.63 bits per heavy atom. The average molecular weight is 376 g/mol. The maximum atomic E-state index is 11.7. The lowest BCUT2D eigenvalue weighted by molar-refractivity contribution is -0.0232. The van der Waals surface area contributed by atoms with Crippen molar-refractivity contribution in [3.8, 4) is 5.88 Å². The van der Waals surface area contributed by atoms with Gasteiger partial charge in [-0.2, -0.15) is 0 Å². The SMILES string of the molecule is CC(C)(C)OC(=O)N1CC(Oc2ccc(I)cn2)C1. The summed E-state index contributed by atoms with van der Waals surface area (Å²) in [4.78, 5) is 17.5. The zero-order valence-corrected chi connectivity index (χ0v) is 13.4. The van der Waals surface area contributed by atoms with Crippen molar-refractivity contribution in [2.24, 2.45) is 0 Å². The molecule has 19 heavy (non-hydrogen) atoms. The lowest BCUT2D eigenvalue weighted by atomic mass is 10.2. The van der Waals surface area contributed by atoms with Crippen LogP contribution in [0, 0.1) is 3.57 Å².